The molecular weight excluding hydrogens is 403 g/mol. The summed E-state index contributed by atoms with van der Waals surface area (Å²) in [6.45, 7) is 1.82. The zero-order valence-corrected chi connectivity index (χ0v) is 16.0. The number of halogens is 2. The summed E-state index contributed by atoms with van der Waals surface area (Å²) in [7, 11) is 0. The Labute approximate surface area is 168 Å². The fourth-order valence-electron chi connectivity index (χ4n) is 3.09. The Balaban J connectivity index is 1.94. The average molecular weight is 415 g/mol. The van der Waals surface area contributed by atoms with Gasteiger partial charge in [0, 0.05) is 45.1 Å². The van der Waals surface area contributed by atoms with Crippen molar-refractivity contribution in [3.8, 4) is 22.4 Å². The van der Waals surface area contributed by atoms with E-state index in [0.717, 1.165) is 11.3 Å². The Morgan fingerprint density at radius 1 is 1.04 bits per heavy atom. The number of nitrogens with zero attached hydrogens (tertiary/aromatic N) is 3. The van der Waals surface area contributed by atoms with Gasteiger partial charge in [-0.3, -0.25) is 20.0 Å². The number of rotatable bonds is 3. The molecule has 0 aliphatic rings. The number of nitro benzene ring substituents is 1. The highest BCUT2D eigenvalue weighted by Crippen LogP contribution is 2.32. The monoisotopic (exact) mass is 414 g/mol. The summed E-state index contributed by atoms with van der Waals surface area (Å²) in [4.78, 5) is 27.6. The van der Waals surface area contributed by atoms with E-state index in [1.165, 1.54) is 22.7 Å². The number of hydrogen-bond acceptors (Lipinski definition) is 4. The number of fused-ring (bicyclic) bond motifs is 1. The van der Waals surface area contributed by atoms with E-state index < -0.39 is 4.92 Å². The van der Waals surface area contributed by atoms with E-state index >= 15 is 0 Å². The summed E-state index contributed by atoms with van der Waals surface area (Å²) >= 11 is 12.3. The van der Waals surface area contributed by atoms with Crippen molar-refractivity contribution < 1.29 is 4.92 Å². The van der Waals surface area contributed by atoms with Crippen LogP contribution in [0.4, 0.5) is 5.69 Å². The van der Waals surface area contributed by atoms with Crippen molar-refractivity contribution in [3.63, 3.8) is 0 Å². The lowest BCUT2D eigenvalue weighted by atomic mass is 10.1. The quantitative estimate of drug-likeness (QED) is 0.381. The maximum Gasteiger partial charge on any atom is 0.273 e. The van der Waals surface area contributed by atoms with Crippen LogP contribution >= 0.6 is 23.2 Å². The molecule has 0 saturated heterocycles. The second-order valence-electron chi connectivity index (χ2n) is 6.21. The van der Waals surface area contributed by atoms with Crippen LogP contribution in [-0.2, 0) is 0 Å². The van der Waals surface area contributed by atoms with Crippen molar-refractivity contribution >= 4 is 34.5 Å². The predicted octanol–water partition coefficient (Wildman–Crippen LogP) is 4.88. The summed E-state index contributed by atoms with van der Waals surface area (Å²) < 4.78 is 1.34. The SMILES string of the molecule is Cc1[nH]n2c(=O)cc(-c3ccc([N+](=O)[O-])cc3)nc2c1-c1cc(Cl)cc(Cl)c1. The smallest absolute Gasteiger partial charge is 0.273 e. The zero-order valence-electron chi connectivity index (χ0n) is 14.4. The minimum atomic E-state index is -0.480. The highest BCUT2D eigenvalue weighted by molar-refractivity contribution is 6.35. The molecule has 0 amide bonds. The van der Waals surface area contributed by atoms with E-state index in [-0.39, 0.29) is 11.2 Å². The summed E-state index contributed by atoms with van der Waals surface area (Å²) in [5, 5.41) is 14.8. The van der Waals surface area contributed by atoms with Gasteiger partial charge in [-0.1, -0.05) is 23.2 Å². The molecule has 2 aromatic carbocycles. The van der Waals surface area contributed by atoms with Crippen LogP contribution in [0.1, 0.15) is 5.69 Å². The number of benzene rings is 2. The molecule has 0 aliphatic carbocycles. The molecule has 0 bridgehead atoms. The Morgan fingerprint density at radius 2 is 1.68 bits per heavy atom. The molecule has 4 rings (SSSR count). The normalized spacial score (nSPS) is 11.1. The summed E-state index contributed by atoms with van der Waals surface area (Å²) in [5.74, 6) is 0. The third-order valence-corrected chi connectivity index (χ3v) is 4.76. The number of aryl methyl sites for hydroxylation is 1. The first-order valence-electron chi connectivity index (χ1n) is 8.17. The van der Waals surface area contributed by atoms with Crippen molar-refractivity contribution in [1.82, 2.24) is 14.6 Å². The summed E-state index contributed by atoms with van der Waals surface area (Å²) in [5.41, 5.74) is 3.23. The molecule has 0 spiro atoms. The van der Waals surface area contributed by atoms with E-state index in [1.807, 2.05) is 6.92 Å². The number of aromatic nitrogens is 3. The number of H-pyrrole nitrogens is 1. The van der Waals surface area contributed by atoms with Gasteiger partial charge in [0.2, 0.25) is 0 Å². The highest BCUT2D eigenvalue weighted by Gasteiger charge is 2.16. The van der Waals surface area contributed by atoms with Gasteiger partial charge in [-0.2, -0.15) is 0 Å². The van der Waals surface area contributed by atoms with Crippen LogP contribution in [0.2, 0.25) is 10.0 Å². The second-order valence-corrected chi connectivity index (χ2v) is 7.09. The molecule has 0 radical (unpaired) electrons. The third kappa shape index (κ3) is 3.15. The van der Waals surface area contributed by atoms with Crippen LogP contribution in [0.3, 0.4) is 0 Å². The van der Waals surface area contributed by atoms with Crippen molar-refractivity contribution in [2.24, 2.45) is 0 Å². The summed E-state index contributed by atoms with van der Waals surface area (Å²) in [6, 6.07) is 12.4. The van der Waals surface area contributed by atoms with Gasteiger partial charge < -0.3 is 0 Å². The van der Waals surface area contributed by atoms with Crippen LogP contribution in [0.5, 0.6) is 0 Å². The van der Waals surface area contributed by atoms with Crippen molar-refractivity contribution in [2.75, 3.05) is 0 Å². The third-order valence-electron chi connectivity index (χ3n) is 4.32. The molecule has 140 valence electrons. The molecule has 1 N–H and O–H groups in total. The molecule has 9 heteroatoms. The number of non-ortho nitro benzene ring substituents is 1. The number of hydrogen-bond donors (Lipinski definition) is 1. The lowest BCUT2D eigenvalue weighted by molar-refractivity contribution is -0.384. The minimum absolute atomic E-state index is 0.0340. The van der Waals surface area contributed by atoms with Gasteiger partial charge in [0.15, 0.2) is 5.65 Å². The first-order valence-corrected chi connectivity index (χ1v) is 8.93. The van der Waals surface area contributed by atoms with Crippen LogP contribution in [-0.4, -0.2) is 19.5 Å². The highest BCUT2D eigenvalue weighted by atomic mass is 35.5. The topological polar surface area (TPSA) is 93.3 Å². The van der Waals surface area contributed by atoms with E-state index in [9.17, 15) is 14.9 Å². The molecule has 0 saturated carbocycles. The number of nitrogens with one attached hydrogen (secondary N) is 1. The van der Waals surface area contributed by atoms with Gasteiger partial charge in [0.05, 0.1) is 10.6 Å². The summed E-state index contributed by atoms with van der Waals surface area (Å²) in [6.07, 6.45) is 0. The van der Waals surface area contributed by atoms with Crippen molar-refractivity contribution in [2.45, 2.75) is 6.92 Å². The van der Waals surface area contributed by atoms with E-state index in [1.54, 1.807) is 30.3 Å². The number of nitro groups is 1. The van der Waals surface area contributed by atoms with Crippen LogP contribution in [0.25, 0.3) is 28.0 Å². The van der Waals surface area contributed by atoms with Crippen LogP contribution in [0, 0.1) is 17.0 Å². The maximum absolute atomic E-state index is 12.6. The van der Waals surface area contributed by atoms with Gasteiger partial charge in [-0.15, -0.1) is 0 Å². The molecule has 28 heavy (non-hydrogen) atoms. The molecular formula is C19H12Cl2N4O3. The van der Waals surface area contributed by atoms with Gasteiger partial charge in [0.1, 0.15) is 0 Å². The number of aromatic amines is 1. The molecule has 2 aromatic heterocycles. The van der Waals surface area contributed by atoms with Crippen molar-refractivity contribution in [1.29, 1.82) is 0 Å². The first kappa shape index (κ1) is 18.2. The molecule has 0 atom stereocenters. The van der Waals surface area contributed by atoms with E-state index in [0.29, 0.717) is 32.5 Å². The van der Waals surface area contributed by atoms with Gasteiger partial charge in [-0.25, -0.2) is 9.50 Å². The Bertz CT molecular complexity index is 1270. The fourth-order valence-corrected chi connectivity index (χ4v) is 3.62. The standard InChI is InChI=1S/C19H12Cl2N4O3/c1-10-18(12-6-13(20)8-14(21)7-12)19-22-16(9-17(26)24(19)23-10)11-2-4-15(5-3-11)25(27)28/h2-9,23H,1H3. The van der Waals surface area contributed by atoms with Crippen LogP contribution in [0.15, 0.2) is 53.3 Å². The molecule has 2 heterocycles. The van der Waals surface area contributed by atoms with Crippen LogP contribution < -0.4 is 5.56 Å². The fraction of sp³-hybridized carbons (Fsp3) is 0.0526. The second kappa shape index (κ2) is 6.78. The molecule has 0 aliphatic heterocycles. The lowest BCUT2D eigenvalue weighted by Crippen LogP contribution is -2.14. The van der Waals surface area contributed by atoms with Gasteiger partial charge in [0.25, 0.3) is 11.2 Å². The Morgan fingerprint density at radius 3 is 2.29 bits per heavy atom. The van der Waals surface area contributed by atoms with E-state index in [2.05, 4.69) is 10.1 Å². The average Bonchev–Trinajstić information content (AvgIpc) is 2.97. The predicted molar refractivity (Wildman–Crippen MR) is 108 cm³/mol. The Kier molecular flexibility index (Phi) is 4.41. The van der Waals surface area contributed by atoms with Crippen molar-refractivity contribution in [3.05, 3.63) is 84.7 Å². The molecule has 0 fully saturated rings. The maximum atomic E-state index is 12.6. The van der Waals surface area contributed by atoms with Gasteiger partial charge >= 0.3 is 0 Å². The van der Waals surface area contributed by atoms with Gasteiger partial charge in [-0.05, 0) is 42.8 Å². The molecule has 0 unspecified atom stereocenters. The molecule has 4 aromatic rings. The largest absolute Gasteiger partial charge is 0.293 e. The van der Waals surface area contributed by atoms with E-state index in [4.69, 9.17) is 23.2 Å². The first-order chi connectivity index (χ1) is 13.3. The lowest BCUT2D eigenvalue weighted by Gasteiger charge is -2.05. The zero-order chi connectivity index (χ0) is 20.0. The Hall–Kier alpha value is -3.16. The molecule has 7 nitrogen and oxygen atoms in total. The minimum Gasteiger partial charge on any atom is -0.293 e.